The highest BCUT2D eigenvalue weighted by Crippen LogP contribution is 2.51. The zero-order valence-corrected chi connectivity index (χ0v) is 22.3. The largest absolute Gasteiger partial charge is 0.496 e. The lowest BCUT2D eigenvalue weighted by Gasteiger charge is -2.28. The Hall–Kier alpha value is -3.34. The fourth-order valence-corrected chi connectivity index (χ4v) is 4.21. The van der Waals surface area contributed by atoms with E-state index in [4.69, 9.17) is 21.1 Å². The summed E-state index contributed by atoms with van der Waals surface area (Å²) in [6, 6.07) is 3.06. The summed E-state index contributed by atoms with van der Waals surface area (Å²) in [5, 5.41) is 2.35. The van der Waals surface area contributed by atoms with E-state index in [0.717, 1.165) is 12.1 Å². The zero-order chi connectivity index (χ0) is 28.8. The molecule has 0 saturated carbocycles. The maximum atomic E-state index is 16.9. The van der Waals surface area contributed by atoms with E-state index in [1.54, 1.807) is 34.6 Å². The summed E-state index contributed by atoms with van der Waals surface area (Å²) >= 11 is 6.04. The van der Waals surface area contributed by atoms with Crippen LogP contribution in [0.1, 0.15) is 51.3 Å². The van der Waals surface area contributed by atoms with Crippen molar-refractivity contribution in [1.29, 1.82) is 0 Å². The fourth-order valence-electron chi connectivity index (χ4n) is 4.03. The zero-order valence-electron chi connectivity index (χ0n) is 21.5. The number of esters is 1. The van der Waals surface area contributed by atoms with Gasteiger partial charge in [0.1, 0.15) is 17.4 Å². The van der Waals surface area contributed by atoms with Gasteiger partial charge in [-0.25, -0.2) is 18.9 Å². The number of hydrogen-bond acceptors (Lipinski definition) is 5. The lowest BCUT2D eigenvalue weighted by Crippen LogP contribution is -2.54. The van der Waals surface area contributed by atoms with Crippen molar-refractivity contribution < 1.29 is 41.4 Å². The number of carbonyl (C=O) groups is 3. The third kappa shape index (κ3) is 5.43. The first-order valence-corrected chi connectivity index (χ1v) is 11.9. The highest BCUT2D eigenvalue weighted by Gasteiger charge is 2.57. The van der Waals surface area contributed by atoms with E-state index in [2.05, 4.69) is 5.32 Å². The van der Waals surface area contributed by atoms with Gasteiger partial charge in [-0.05, 0) is 57.0 Å². The number of imide groups is 1. The third-order valence-electron chi connectivity index (χ3n) is 5.78. The number of anilines is 1. The van der Waals surface area contributed by atoms with Gasteiger partial charge in [-0.15, -0.1) is 0 Å². The standard InChI is InChI=1S/C26H27ClF4N2O5/c1-13(2)20(21(34)38-24(3,4)5)32-23(36)33-18-11-14(26(29,30)31)7-9-16(18)25(28,22(33)35)17-12-15(27)8-10-19(17)37-6/h7-13,20H,1-6H3,(H,32,36)/t20-,25-/m0/s1. The molecule has 12 heteroatoms. The van der Waals surface area contributed by atoms with E-state index in [0.29, 0.717) is 12.1 Å². The van der Waals surface area contributed by atoms with Gasteiger partial charge in [0.2, 0.25) is 5.67 Å². The molecule has 1 aliphatic rings. The number of nitrogens with one attached hydrogen (secondary N) is 1. The van der Waals surface area contributed by atoms with E-state index in [1.807, 2.05) is 0 Å². The van der Waals surface area contributed by atoms with Crippen LogP contribution in [0.3, 0.4) is 0 Å². The number of ether oxygens (including phenoxy) is 2. The molecule has 1 N–H and O–H groups in total. The highest BCUT2D eigenvalue weighted by atomic mass is 35.5. The Morgan fingerprint density at radius 3 is 2.21 bits per heavy atom. The van der Waals surface area contributed by atoms with Gasteiger partial charge in [-0.3, -0.25) is 4.79 Å². The van der Waals surface area contributed by atoms with Crippen LogP contribution in [0.2, 0.25) is 5.02 Å². The van der Waals surface area contributed by atoms with E-state index < -0.39 is 69.7 Å². The highest BCUT2D eigenvalue weighted by molar-refractivity contribution is 6.31. The number of alkyl halides is 4. The van der Waals surface area contributed by atoms with Gasteiger partial charge < -0.3 is 14.8 Å². The molecule has 0 aliphatic carbocycles. The fraction of sp³-hybridized carbons (Fsp3) is 0.423. The second kappa shape index (κ2) is 10.1. The van der Waals surface area contributed by atoms with E-state index in [-0.39, 0.29) is 15.7 Å². The van der Waals surface area contributed by atoms with Crippen molar-refractivity contribution in [3.05, 3.63) is 58.1 Å². The molecule has 2 atom stereocenters. The molecular weight excluding hydrogens is 532 g/mol. The van der Waals surface area contributed by atoms with Crippen LogP contribution in [0.5, 0.6) is 5.75 Å². The van der Waals surface area contributed by atoms with Crippen LogP contribution in [-0.2, 0) is 26.2 Å². The van der Waals surface area contributed by atoms with Crippen molar-refractivity contribution in [3.8, 4) is 5.75 Å². The van der Waals surface area contributed by atoms with Gasteiger partial charge in [0, 0.05) is 16.1 Å². The molecule has 3 amide bonds. The molecule has 1 aliphatic heterocycles. The average molecular weight is 559 g/mol. The van der Waals surface area contributed by atoms with Gasteiger partial charge in [0.25, 0.3) is 5.91 Å². The van der Waals surface area contributed by atoms with Gasteiger partial charge in [0.15, 0.2) is 0 Å². The minimum atomic E-state index is -4.85. The Kier molecular flexibility index (Phi) is 7.76. The van der Waals surface area contributed by atoms with Gasteiger partial charge in [-0.2, -0.15) is 13.2 Å². The van der Waals surface area contributed by atoms with Crippen molar-refractivity contribution in [2.75, 3.05) is 12.0 Å². The molecular formula is C26H27ClF4N2O5. The topological polar surface area (TPSA) is 84.9 Å². The van der Waals surface area contributed by atoms with Gasteiger partial charge in [0.05, 0.1) is 18.4 Å². The molecule has 7 nitrogen and oxygen atoms in total. The summed E-state index contributed by atoms with van der Waals surface area (Å²) in [7, 11) is 1.21. The quantitative estimate of drug-likeness (QED) is 0.359. The molecule has 0 fully saturated rings. The molecule has 0 unspecified atom stereocenters. The van der Waals surface area contributed by atoms with Gasteiger partial charge in [-0.1, -0.05) is 31.5 Å². The second-order valence-corrected chi connectivity index (χ2v) is 10.5. The summed E-state index contributed by atoms with van der Waals surface area (Å²) in [6.45, 7) is 8.01. The molecule has 0 radical (unpaired) electrons. The van der Waals surface area contributed by atoms with Crippen molar-refractivity contribution in [1.82, 2.24) is 5.32 Å². The van der Waals surface area contributed by atoms with Crippen LogP contribution in [0.15, 0.2) is 36.4 Å². The smallest absolute Gasteiger partial charge is 0.416 e. The lowest BCUT2D eigenvalue weighted by atomic mass is 9.88. The average Bonchev–Trinajstić information content (AvgIpc) is 3.02. The normalized spacial score (nSPS) is 18.3. The van der Waals surface area contributed by atoms with E-state index in [1.165, 1.54) is 19.2 Å². The molecule has 38 heavy (non-hydrogen) atoms. The number of methoxy groups -OCH3 is 1. The number of halogens is 5. The molecule has 206 valence electrons. The Bertz CT molecular complexity index is 1280. The van der Waals surface area contributed by atoms with Crippen LogP contribution >= 0.6 is 11.6 Å². The number of carbonyl (C=O) groups excluding carboxylic acids is 3. The summed E-state index contributed by atoms with van der Waals surface area (Å²) in [4.78, 5) is 40.0. The molecule has 0 bridgehead atoms. The lowest BCUT2D eigenvalue weighted by molar-refractivity contribution is -0.158. The van der Waals surface area contributed by atoms with Crippen molar-refractivity contribution in [3.63, 3.8) is 0 Å². The Balaban J connectivity index is 2.17. The van der Waals surface area contributed by atoms with Crippen LogP contribution in [0.4, 0.5) is 28.0 Å². The maximum absolute atomic E-state index is 16.9. The number of benzene rings is 2. The molecule has 1 heterocycles. The summed E-state index contributed by atoms with van der Waals surface area (Å²) in [6.07, 6.45) is -4.85. The Morgan fingerprint density at radius 1 is 1.05 bits per heavy atom. The first-order valence-electron chi connectivity index (χ1n) is 11.5. The molecule has 3 rings (SSSR count). The number of nitrogens with zero attached hydrogens (tertiary/aromatic N) is 1. The summed E-state index contributed by atoms with van der Waals surface area (Å²) < 4.78 is 68.1. The third-order valence-corrected chi connectivity index (χ3v) is 6.01. The number of urea groups is 1. The molecule has 2 aromatic carbocycles. The van der Waals surface area contributed by atoms with Crippen molar-refractivity contribution in [2.24, 2.45) is 5.92 Å². The predicted octanol–water partition coefficient (Wildman–Crippen LogP) is 6.00. The van der Waals surface area contributed by atoms with Crippen LogP contribution < -0.4 is 15.0 Å². The van der Waals surface area contributed by atoms with Crippen LogP contribution in [0.25, 0.3) is 0 Å². The first kappa shape index (κ1) is 29.2. The van der Waals surface area contributed by atoms with E-state index in [9.17, 15) is 27.6 Å². The van der Waals surface area contributed by atoms with E-state index >= 15 is 4.39 Å². The summed E-state index contributed by atoms with van der Waals surface area (Å²) in [5.41, 5.74) is -6.82. The predicted molar refractivity (Wildman–Crippen MR) is 132 cm³/mol. The first-order chi connectivity index (χ1) is 17.4. The molecule has 0 saturated heterocycles. The van der Waals surface area contributed by atoms with Crippen molar-refractivity contribution in [2.45, 2.75) is 58.1 Å². The number of fused-ring (bicyclic) bond motifs is 1. The number of hydrogen-bond donors (Lipinski definition) is 1. The minimum absolute atomic E-state index is 0.0202. The van der Waals surface area contributed by atoms with Crippen LogP contribution in [-0.4, -0.2) is 36.7 Å². The SMILES string of the molecule is COc1ccc(Cl)cc1[C@]1(F)C(=O)N(C(=O)N[C@H](C(=O)OC(C)(C)C)C(C)C)c2cc(C(F)(F)F)ccc21. The molecule has 0 aromatic heterocycles. The molecule has 2 aromatic rings. The number of rotatable bonds is 5. The van der Waals surface area contributed by atoms with Crippen molar-refractivity contribution >= 4 is 35.2 Å². The second-order valence-electron chi connectivity index (χ2n) is 10.1. The molecule has 0 spiro atoms. The maximum Gasteiger partial charge on any atom is 0.416 e. The minimum Gasteiger partial charge on any atom is -0.496 e. The van der Waals surface area contributed by atoms with Crippen LogP contribution in [0, 0.1) is 5.92 Å². The number of amides is 3. The van der Waals surface area contributed by atoms with Gasteiger partial charge >= 0.3 is 18.2 Å². The monoisotopic (exact) mass is 558 g/mol. The summed E-state index contributed by atoms with van der Waals surface area (Å²) in [5.74, 6) is -3.00. The Morgan fingerprint density at radius 2 is 1.68 bits per heavy atom. The Labute approximate surface area is 222 Å².